The fourth-order valence-corrected chi connectivity index (χ4v) is 4.59. The Morgan fingerprint density at radius 1 is 0.976 bits per heavy atom. The smallest absolute Gasteiger partial charge is 0.430 e. The molecule has 6 nitrogen and oxygen atoms in total. The zero-order valence-electron chi connectivity index (χ0n) is 22.4. The topological polar surface area (TPSA) is 86.0 Å². The number of allylic oxidation sites excluding steroid dienone is 2. The minimum atomic E-state index is -5.19. The quantitative estimate of drug-likeness (QED) is 0.386. The van der Waals surface area contributed by atoms with E-state index in [0.717, 1.165) is 39.7 Å². The van der Waals surface area contributed by atoms with Crippen molar-refractivity contribution < 1.29 is 32.9 Å². The molecule has 1 heterocycles. The van der Waals surface area contributed by atoms with Gasteiger partial charge in [0, 0.05) is 52.7 Å². The molecule has 3 aromatic rings. The fraction of sp³-hybridized carbons (Fsp3) is 0.233. The lowest BCUT2D eigenvalue weighted by atomic mass is 9.86. The molecule has 3 atom stereocenters. The number of rotatable bonds is 7. The molecule has 0 aromatic heterocycles. The molecule has 1 unspecified atom stereocenters. The van der Waals surface area contributed by atoms with Crippen molar-refractivity contribution >= 4 is 46.5 Å². The van der Waals surface area contributed by atoms with Crippen molar-refractivity contribution in [2.24, 2.45) is 5.10 Å². The first-order valence-corrected chi connectivity index (χ1v) is 13.3. The van der Waals surface area contributed by atoms with Gasteiger partial charge in [0.05, 0.1) is 5.71 Å². The van der Waals surface area contributed by atoms with Gasteiger partial charge in [0.1, 0.15) is 11.7 Å². The second-order valence-corrected chi connectivity index (χ2v) is 10.4. The second kappa shape index (κ2) is 13.8. The molecular formula is C30H28Cl2F3N3O3. The first-order valence-electron chi connectivity index (χ1n) is 12.5. The van der Waals surface area contributed by atoms with Crippen LogP contribution in [0.2, 0.25) is 10.0 Å². The Labute approximate surface area is 246 Å². The predicted octanol–water partition coefficient (Wildman–Crippen LogP) is 5.25. The minimum absolute atomic E-state index is 0.0622. The molecule has 0 fully saturated rings. The van der Waals surface area contributed by atoms with Crippen LogP contribution in [0.4, 0.5) is 18.9 Å². The SMILES string of the molecule is CC1=CC(C)=N[NH+]1c1cccc(C(=O)N[C@H](C)[C@H](Cc2ccc(Cl)cc2)c2ccc(Cl)cc2)c1.O=C([O-])C(F)(F)F. The van der Waals surface area contributed by atoms with Crippen LogP contribution in [0, 0.1) is 0 Å². The Morgan fingerprint density at radius 2 is 1.54 bits per heavy atom. The first kappa shape index (κ1) is 31.9. The van der Waals surface area contributed by atoms with Crippen LogP contribution in [0.25, 0.3) is 0 Å². The van der Waals surface area contributed by atoms with E-state index in [1.54, 1.807) is 0 Å². The summed E-state index contributed by atoms with van der Waals surface area (Å²) in [5.74, 6) is -3.05. The number of hydrogen-bond acceptors (Lipinski definition) is 4. The van der Waals surface area contributed by atoms with E-state index in [1.165, 1.54) is 0 Å². The molecule has 2 N–H and O–H groups in total. The summed E-state index contributed by atoms with van der Waals surface area (Å²) >= 11 is 12.2. The van der Waals surface area contributed by atoms with Gasteiger partial charge in [0.15, 0.2) is 5.69 Å². The van der Waals surface area contributed by atoms with Crippen molar-refractivity contribution in [2.45, 2.75) is 45.3 Å². The zero-order chi connectivity index (χ0) is 30.3. The molecule has 0 saturated carbocycles. The van der Waals surface area contributed by atoms with Crippen LogP contribution in [-0.4, -0.2) is 29.8 Å². The molecule has 1 aliphatic heterocycles. The molecule has 3 aromatic carbocycles. The van der Waals surface area contributed by atoms with Gasteiger partial charge < -0.3 is 15.2 Å². The predicted molar refractivity (Wildman–Crippen MR) is 151 cm³/mol. The molecule has 1 aliphatic rings. The number of amides is 1. The maximum Gasteiger partial charge on any atom is 0.430 e. The van der Waals surface area contributed by atoms with Gasteiger partial charge in [-0.1, -0.05) is 58.6 Å². The lowest BCUT2D eigenvalue weighted by Gasteiger charge is -2.26. The maximum absolute atomic E-state index is 13.2. The number of carbonyl (C=O) groups excluding carboxylic acids is 2. The van der Waals surface area contributed by atoms with E-state index in [9.17, 15) is 18.0 Å². The number of aliphatic carboxylic acids is 1. The largest absolute Gasteiger partial charge is 0.542 e. The normalized spacial score (nSPS) is 16.0. The third-order valence-corrected chi connectivity index (χ3v) is 6.85. The van der Waals surface area contributed by atoms with Crippen molar-refractivity contribution in [3.63, 3.8) is 0 Å². The van der Waals surface area contributed by atoms with Crippen LogP contribution >= 0.6 is 23.2 Å². The summed E-state index contributed by atoms with van der Waals surface area (Å²) in [6.07, 6.45) is -2.38. The van der Waals surface area contributed by atoms with Crippen molar-refractivity contribution in [3.05, 3.63) is 111 Å². The van der Waals surface area contributed by atoms with Crippen molar-refractivity contribution in [1.82, 2.24) is 5.32 Å². The van der Waals surface area contributed by atoms with E-state index < -0.39 is 12.1 Å². The highest BCUT2D eigenvalue weighted by Gasteiger charge is 2.29. The Balaban J connectivity index is 0.000000587. The maximum atomic E-state index is 13.2. The number of quaternary nitrogens is 1. The fourth-order valence-electron chi connectivity index (χ4n) is 4.34. The summed E-state index contributed by atoms with van der Waals surface area (Å²) in [6.45, 7) is 6.06. The highest BCUT2D eigenvalue weighted by Crippen LogP contribution is 2.27. The van der Waals surface area contributed by atoms with Gasteiger partial charge in [0.25, 0.3) is 5.91 Å². The standard InChI is InChI=1S/C28H27Cl2N3O.C2HF3O2/c1-18-15-19(2)33(32-18)26-6-4-5-23(17-26)28(34)31-20(3)27(22-9-13-25(30)14-10-22)16-21-7-11-24(29)12-8-21;3-2(4,5)1(6)7/h4-15,17,20,27H,16H2,1-3H3,(H,31,34);(H,6,7)/t20-,27+;/m1./s1. The lowest BCUT2D eigenvalue weighted by molar-refractivity contribution is -0.794. The molecule has 4 rings (SSSR count). The van der Waals surface area contributed by atoms with Crippen molar-refractivity contribution in [3.8, 4) is 0 Å². The molecule has 216 valence electrons. The van der Waals surface area contributed by atoms with Gasteiger partial charge >= 0.3 is 6.18 Å². The summed E-state index contributed by atoms with van der Waals surface area (Å²) in [4.78, 5) is 22.0. The zero-order valence-corrected chi connectivity index (χ0v) is 23.9. The van der Waals surface area contributed by atoms with Crippen LogP contribution in [0.5, 0.6) is 0 Å². The number of carbonyl (C=O) groups is 2. The number of hydrogen-bond donors (Lipinski definition) is 2. The number of halogens is 5. The molecule has 0 aliphatic carbocycles. The summed E-state index contributed by atoms with van der Waals surface area (Å²) in [6, 6.07) is 23.2. The van der Waals surface area contributed by atoms with Crippen LogP contribution < -0.4 is 15.4 Å². The number of carboxylic acids is 1. The Bertz CT molecular complexity index is 1440. The van der Waals surface area contributed by atoms with E-state index in [-0.39, 0.29) is 17.9 Å². The summed E-state index contributed by atoms with van der Waals surface area (Å²) in [5, 5.41) is 18.9. The number of benzene rings is 3. The molecular weight excluding hydrogens is 578 g/mol. The van der Waals surface area contributed by atoms with Crippen molar-refractivity contribution in [1.29, 1.82) is 0 Å². The number of nitrogens with one attached hydrogen (secondary N) is 2. The molecule has 0 spiro atoms. The minimum Gasteiger partial charge on any atom is -0.542 e. The molecule has 11 heteroatoms. The number of carboxylic acid groups (broad SMARTS) is 1. The Morgan fingerprint density at radius 3 is 2.05 bits per heavy atom. The van der Waals surface area contributed by atoms with Gasteiger partial charge in [-0.2, -0.15) is 13.2 Å². The first-order chi connectivity index (χ1) is 19.2. The van der Waals surface area contributed by atoms with Gasteiger partial charge in [-0.3, -0.25) is 4.79 Å². The van der Waals surface area contributed by atoms with Crippen LogP contribution in [0.3, 0.4) is 0 Å². The number of alkyl halides is 3. The summed E-state index contributed by atoms with van der Waals surface area (Å²) < 4.78 is 31.5. The average molecular weight is 606 g/mol. The van der Waals surface area contributed by atoms with Gasteiger partial charge in [-0.05, 0) is 61.7 Å². The van der Waals surface area contributed by atoms with Crippen LogP contribution in [0.1, 0.15) is 48.2 Å². The average Bonchev–Trinajstić information content (AvgIpc) is 3.26. The molecule has 0 radical (unpaired) electrons. The van der Waals surface area contributed by atoms with Crippen molar-refractivity contribution in [2.75, 3.05) is 0 Å². The summed E-state index contributed by atoms with van der Waals surface area (Å²) in [7, 11) is 0. The Kier molecular flexibility index (Phi) is 10.7. The molecule has 1 amide bonds. The second-order valence-electron chi connectivity index (χ2n) is 9.55. The molecule has 0 saturated heterocycles. The van der Waals surface area contributed by atoms with E-state index >= 15 is 0 Å². The Hall–Kier alpha value is -3.66. The highest BCUT2D eigenvalue weighted by molar-refractivity contribution is 6.30. The number of nitrogens with zero attached hydrogens (tertiary/aromatic N) is 1. The third-order valence-electron chi connectivity index (χ3n) is 6.35. The van der Waals surface area contributed by atoms with E-state index in [4.69, 9.17) is 33.1 Å². The monoisotopic (exact) mass is 605 g/mol. The lowest BCUT2D eigenvalue weighted by Crippen LogP contribution is -2.99. The third kappa shape index (κ3) is 9.18. The van der Waals surface area contributed by atoms with E-state index in [0.29, 0.717) is 15.6 Å². The van der Waals surface area contributed by atoms with Gasteiger partial charge in [-0.25, -0.2) is 0 Å². The highest BCUT2D eigenvalue weighted by atomic mass is 35.5. The van der Waals surface area contributed by atoms with Crippen LogP contribution in [-0.2, 0) is 11.2 Å². The molecule has 0 bridgehead atoms. The van der Waals surface area contributed by atoms with Gasteiger partial charge in [0.2, 0.25) is 0 Å². The molecule has 41 heavy (non-hydrogen) atoms. The van der Waals surface area contributed by atoms with Gasteiger partial charge in [-0.15, -0.1) is 5.01 Å². The van der Waals surface area contributed by atoms with E-state index in [2.05, 4.69) is 16.5 Å². The summed E-state index contributed by atoms with van der Waals surface area (Å²) in [5.41, 5.74) is 5.92. The van der Waals surface area contributed by atoms with Crippen LogP contribution in [0.15, 0.2) is 89.7 Å². The van der Waals surface area contributed by atoms with E-state index in [1.807, 2.05) is 93.6 Å².